The van der Waals surface area contributed by atoms with Gasteiger partial charge >= 0.3 is 21.4 Å². The Morgan fingerprint density at radius 1 is 0.526 bits per heavy atom. The van der Waals surface area contributed by atoms with E-state index in [4.69, 9.17) is 42.4 Å². The lowest BCUT2D eigenvalue weighted by molar-refractivity contribution is -0.169. The van der Waals surface area contributed by atoms with Crippen molar-refractivity contribution in [3.05, 3.63) is 88.7 Å². The highest BCUT2D eigenvalue weighted by atomic mass is 19.1. The zero-order valence-electron chi connectivity index (χ0n) is 32.9. The molecule has 3 N–H and O–H groups in total. The second-order valence-corrected chi connectivity index (χ2v) is 13.6. The minimum Gasteiger partial charge on any atom is -0.423 e. The Hall–Kier alpha value is -2.84. The lowest BCUT2D eigenvalue weighted by atomic mass is 9.76. The minimum atomic E-state index is -1.63. The van der Waals surface area contributed by atoms with Gasteiger partial charge in [-0.2, -0.15) is 0 Å². The van der Waals surface area contributed by atoms with E-state index >= 15 is 0 Å². The molecule has 0 radical (unpaired) electrons. The van der Waals surface area contributed by atoms with Gasteiger partial charge in [-0.25, -0.2) is 13.2 Å². The molecule has 0 bridgehead atoms. The average Bonchev–Trinajstić information content (AvgIpc) is 3.23. The quantitative estimate of drug-likeness (QED) is 0.193. The number of halogens is 3. The highest BCUT2D eigenvalue weighted by molar-refractivity contribution is 6.62. The van der Waals surface area contributed by atoms with E-state index in [-0.39, 0.29) is 55.8 Å². The first-order chi connectivity index (χ1) is 27.6. The van der Waals surface area contributed by atoms with Gasteiger partial charge in [-0.3, -0.25) is 0 Å². The first-order valence-corrected chi connectivity index (χ1v) is 19.3. The van der Waals surface area contributed by atoms with Gasteiger partial charge in [0.15, 0.2) is 18.9 Å². The van der Waals surface area contributed by atoms with E-state index in [2.05, 4.69) is 0 Å². The monoisotopic (exact) mass is 804 g/mol. The number of hydrogen-bond acceptors (Lipinski definition) is 12. The summed E-state index contributed by atoms with van der Waals surface area (Å²) in [5, 5.41) is 28.1. The number of ether oxygens (including phenoxy) is 6. The van der Waals surface area contributed by atoms with Crippen LogP contribution in [0.3, 0.4) is 0 Å². The maximum Gasteiger partial charge on any atom is 0.493 e. The van der Waals surface area contributed by atoms with Crippen LogP contribution >= 0.6 is 0 Å². The molecule has 12 nitrogen and oxygen atoms in total. The van der Waals surface area contributed by atoms with E-state index in [0.29, 0.717) is 35.4 Å². The van der Waals surface area contributed by atoms with Gasteiger partial charge in [0, 0.05) is 41.2 Å². The Bertz CT molecular complexity index is 1590. The van der Waals surface area contributed by atoms with Crippen molar-refractivity contribution < 1.29 is 70.6 Å². The van der Waals surface area contributed by atoms with E-state index in [1.165, 1.54) is 55.6 Å². The smallest absolute Gasteiger partial charge is 0.423 e. The van der Waals surface area contributed by atoms with E-state index in [0.717, 1.165) is 69.9 Å². The zero-order valence-corrected chi connectivity index (χ0v) is 32.9. The van der Waals surface area contributed by atoms with Crippen LogP contribution in [0.2, 0.25) is 0 Å². The minimum absolute atomic E-state index is 0.107. The lowest BCUT2D eigenvalue weighted by Gasteiger charge is -2.23. The predicted molar refractivity (Wildman–Crippen MR) is 208 cm³/mol. The fraction of sp³-hybridized carbons (Fsp3) is 0.538. The average molecular weight is 804 g/mol. The molecule has 0 aliphatic carbocycles. The molecule has 0 saturated carbocycles. The molecule has 6 rings (SSSR count). The van der Waals surface area contributed by atoms with Crippen molar-refractivity contribution in [3.63, 3.8) is 0 Å². The van der Waals surface area contributed by atoms with Crippen molar-refractivity contribution in [2.45, 2.75) is 96.5 Å². The Morgan fingerprint density at radius 2 is 0.895 bits per heavy atom. The van der Waals surface area contributed by atoms with E-state index in [1.807, 2.05) is 0 Å². The third-order valence-corrected chi connectivity index (χ3v) is 9.45. The Morgan fingerprint density at radius 3 is 1.25 bits per heavy atom. The van der Waals surface area contributed by atoms with Gasteiger partial charge in [-0.05, 0) is 127 Å². The van der Waals surface area contributed by atoms with Crippen LogP contribution in [0.5, 0.6) is 0 Å². The summed E-state index contributed by atoms with van der Waals surface area (Å²) in [6, 6.07) is 12.4. The van der Waals surface area contributed by atoms with E-state index in [1.54, 1.807) is 20.3 Å². The largest absolute Gasteiger partial charge is 0.493 e. The van der Waals surface area contributed by atoms with Gasteiger partial charge < -0.3 is 57.5 Å². The molecule has 57 heavy (non-hydrogen) atoms. The molecule has 0 spiro atoms. The summed E-state index contributed by atoms with van der Waals surface area (Å²) in [7, 11) is 1.26. The van der Waals surface area contributed by atoms with Gasteiger partial charge in [-0.1, -0.05) is 18.2 Å². The molecule has 3 aromatic rings. The normalized spacial score (nSPS) is 19.4. The van der Waals surface area contributed by atoms with Crippen LogP contribution < -0.4 is 16.4 Å². The molecule has 3 aliphatic heterocycles. The van der Waals surface area contributed by atoms with Gasteiger partial charge in [0.05, 0.1) is 19.8 Å². The van der Waals surface area contributed by atoms with Crippen LogP contribution in [-0.2, 0) is 62.2 Å². The molecular formula is C39H54B3F3O12. The first-order valence-electron chi connectivity index (χ1n) is 19.3. The Kier molecular flexibility index (Phi) is 21.0. The standard InChI is InChI=1S/C14H20BFO4.C13H18BFO4.C12H16BFO4/c1-17-15(18-2)13-7-6-12(16)9-11(13)10-20-14-5-3-4-8-19-14;1-17-14(16)12-6-5-11(15)8-10(12)9-19-13-4-2-3-7-18-13;14-10-4-5-11(13(15)16)9(7-10)8-18-12-3-1-2-6-17-12/h6-7,9,14H,3-5,8,10H2,1-2H3;5-6,8,13,16H,2-4,7,9H2,1H3;4-5,7,12,15-16H,1-3,6,8H2. The fourth-order valence-corrected chi connectivity index (χ4v) is 6.37. The van der Waals surface area contributed by atoms with Gasteiger partial charge in [0.2, 0.25) is 0 Å². The van der Waals surface area contributed by atoms with Crippen LogP contribution in [0.25, 0.3) is 0 Å². The molecule has 3 unspecified atom stereocenters. The summed E-state index contributed by atoms with van der Waals surface area (Å²) >= 11 is 0. The maximum absolute atomic E-state index is 13.4. The second kappa shape index (κ2) is 25.6. The van der Waals surface area contributed by atoms with E-state index < -0.39 is 27.2 Å². The van der Waals surface area contributed by atoms with Crippen molar-refractivity contribution in [3.8, 4) is 0 Å². The Balaban J connectivity index is 0.000000190. The number of hydrogen-bond donors (Lipinski definition) is 3. The molecule has 0 aromatic heterocycles. The van der Waals surface area contributed by atoms with Crippen LogP contribution in [0.4, 0.5) is 13.2 Å². The Labute approximate surface area is 334 Å². The summed E-state index contributed by atoms with van der Waals surface area (Å²) in [6.07, 6.45) is 8.16. The molecule has 18 heteroatoms. The topological polar surface area (TPSA) is 144 Å². The van der Waals surface area contributed by atoms with Crippen molar-refractivity contribution in [1.82, 2.24) is 0 Å². The molecule has 3 aliphatic rings. The lowest BCUT2D eigenvalue weighted by Crippen LogP contribution is -2.38. The zero-order chi connectivity index (χ0) is 41.0. The van der Waals surface area contributed by atoms with Crippen molar-refractivity contribution in [1.29, 1.82) is 0 Å². The van der Waals surface area contributed by atoms with Gasteiger partial charge in [-0.15, -0.1) is 0 Å². The summed E-state index contributed by atoms with van der Waals surface area (Å²) in [5.41, 5.74) is 3.26. The van der Waals surface area contributed by atoms with E-state index in [9.17, 15) is 28.2 Å². The molecular weight excluding hydrogens is 750 g/mol. The first kappa shape index (κ1) is 46.8. The fourth-order valence-electron chi connectivity index (χ4n) is 6.37. The number of rotatable bonds is 15. The summed E-state index contributed by atoms with van der Waals surface area (Å²) in [4.78, 5) is 0. The highest BCUT2D eigenvalue weighted by Crippen LogP contribution is 2.18. The van der Waals surface area contributed by atoms with Crippen molar-refractivity contribution in [2.75, 3.05) is 41.2 Å². The van der Waals surface area contributed by atoms with Crippen LogP contribution in [0, 0.1) is 17.5 Å². The van der Waals surface area contributed by atoms with Gasteiger partial charge in [0.1, 0.15) is 17.5 Å². The molecule has 0 amide bonds. The second-order valence-electron chi connectivity index (χ2n) is 13.6. The summed E-state index contributed by atoms with van der Waals surface area (Å²) in [6.45, 7) is 2.67. The van der Waals surface area contributed by atoms with Crippen LogP contribution in [0.15, 0.2) is 54.6 Å². The van der Waals surface area contributed by atoms with Crippen LogP contribution in [-0.4, -0.2) is 96.4 Å². The summed E-state index contributed by atoms with van der Waals surface area (Å²) < 4.78 is 88.3. The molecule has 312 valence electrons. The maximum atomic E-state index is 13.4. The number of benzene rings is 3. The predicted octanol–water partition coefficient (Wildman–Crippen LogP) is 3.61. The molecule has 3 atom stereocenters. The van der Waals surface area contributed by atoms with Crippen LogP contribution in [0.1, 0.15) is 74.5 Å². The third-order valence-electron chi connectivity index (χ3n) is 9.45. The molecule has 3 heterocycles. The summed E-state index contributed by atoms with van der Waals surface area (Å²) in [5.74, 6) is -1.10. The molecule has 3 aromatic carbocycles. The molecule has 3 saturated heterocycles. The SMILES string of the molecule is COB(O)c1ccc(F)cc1COC1CCCCO1.COB(OC)c1ccc(F)cc1COC1CCCCO1.OB(O)c1ccc(F)cc1COC1CCCCO1. The molecule has 3 fully saturated rings. The van der Waals surface area contributed by atoms with Crippen molar-refractivity contribution >= 4 is 37.7 Å². The third kappa shape index (κ3) is 16.0. The van der Waals surface area contributed by atoms with Gasteiger partial charge in [0.25, 0.3) is 0 Å². The van der Waals surface area contributed by atoms with Crippen molar-refractivity contribution in [2.24, 2.45) is 0 Å². The highest BCUT2D eigenvalue weighted by Gasteiger charge is 2.24.